The van der Waals surface area contributed by atoms with Crippen LogP contribution in [0.1, 0.15) is 37.8 Å². The number of hydrogen-bond acceptors (Lipinski definition) is 4. The third-order valence-electron chi connectivity index (χ3n) is 2.70. The fourth-order valence-corrected chi connectivity index (χ4v) is 2.32. The summed E-state index contributed by atoms with van der Waals surface area (Å²) in [7, 11) is 0. The second-order valence-electron chi connectivity index (χ2n) is 5.32. The Labute approximate surface area is 115 Å². The third kappa shape index (κ3) is 2.85. The molecule has 0 fully saturated rings. The van der Waals surface area contributed by atoms with Gasteiger partial charge in [-0.1, -0.05) is 21.1 Å². The lowest BCUT2D eigenvalue weighted by Gasteiger charge is -2.29. The number of aromatic nitrogens is 1. The molecule has 0 saturated carbocycles. The lowest BCUT2D eigenvalue weighted by Crippen LogP contribution is -2.39. The molecule has 1 amide bonds. The summed E-state index contributed by atoms with van der Waals surface area (Å²) < 4.78 is 10.6. The molecule has 0 bridgehead atoms. The summed E-state index contributed by atoms with van der Waals surface area (Å²) in [5, 5.41) is 4.66. The maximum Gasteiger partial charge on any atom is 0.410 e. The fraction of sp³-hybridized carbons (Fsp3) is 0.667. The van der Waals surface area contributed by atoms with E-state index in [1.807, 2.05) is 20.8 Å². The highest BCUT2D eigenvalue weighted by molar-refractivity contribution is 9.08. The number of alkyl halides is 1. The first-order valence-electron chi connectivity index (χ1n) is 5.91. The topological polar surface area (TPSA) is 55.6 Å². The van der Waals surface area contributed by atoms with Gasteiger partial charge >= 0.3 is 6.09 Å². The molecule has 18 heavy (non-hydrogen) atoms. The zero-order chi connectivity index (χ0) is 13.3. The normalized spacial score (nSPS) is 15.4. The van der Waals surface area contributed by atoms with Crippen molar-refractivity contribution < 1.29 is 14.1 Å². The standard InChI is InChI=1S/C12H17BrN2O3/c1-12(2,3)17-11(16)15-5-4-8-9(6-13)14-18-10(8)7-15/h4-7H2,1-3H3. The van der Waals surface area contributed by atoms with Gasteiger partial charge in [0.05, 0.1) is 12.2 Å². The number of ether oxygens (including phenoxy) is 1. The minimum absolute atomic E-state index is 0.301. The van der Waals surface area contributed by atoms with Gasteiger partial charge in [-0.15, -0.1) is 0 Å². The Morgan fingerprint density at radius 3 is 2.89 bits per heavy atom. The Kier molecular flexibility index (Phi) is 3.66. The molecule has 0 atom stereocenters. The van der Waals surface area contributed by atoms with Crippen LogP contribution in [0.5, 0.6) is 0 Å². The summed E-state index contributed by atoms with van der Waals surface area (Å²) >= 11 is 3.37. The second kappa shape index (κ2) is 4.91. The average Bonchev–Trinajstić information content (AvgIpc) is 2.68. The first-order valence-corrected chi connectivity index (χ1v) is 7.03. The van der Waals surface area contributed by atoms with Crippen LogP contribution in [0.15, 0.2) is 4.52 Å². The van der Waals surface area contributed by atoms with Gasteiger partial charge in [-0.25, -0.2) is 4.79 Å². The van der Waals surface area contributed by atoms with Crippen LogP contribution in [0.4, 0.5) is 4.79 Å². The van der Waals surface area contributed by atoms with Gasteiger partial charge < -0.3 is 14.2 Å². The molecule has 0 saturated heterocycles. The van der Waals surface area contributed by atoms with E-state index in [-0.39, 0.29) is 6.09 Å². The largest absolute Gasteiger partial charge is 0.444 e. The molecule has 0 N–H and O–H groups in total. The van der Waals surface area contributed by atoms with Crippen LogP contribution in [0.25, 0.3) is 0 Å². The monoisotopic (exact) mass is 316 g/mol. The number of carbonyl (C=O) groups excluding carboxylic acids is 1. The van der Waals surface area contributed by atoms with E-state index < -0.39 is 5.60 Å². The average molecular weight is 317 g/mol. The summed E-state index contributed by atoms with van der Waals surface area (Å²) in [6.07, 6.45) is 0.462. The number of fused-ring (bicyclic) bond motifs is 1. The van der Waals surface area contributed by atoms with Gasteiger partial charge in [0.25, 0.3) is 0 Å². The first kappa shape index (κ1) is 13.4. The van der Waals surface area contributed by atoms with Gasteiger partial charge in [-0.3, -0.25) is 0 Å². The lowest BCUT2D eigenvalue weighted by atomic mass is 10.1. The van der Waals surface area contributed by atoms with Gasteiger partial charge in [0.1, 0.15) is 5.60 Å². The van der Waals surface area contributed by atoms with Crippen LogP contribution in [0.2, 0.25) is 0 Å². The van der Waals surface area contributed by atoms with Crippen molar-refractivity contribution in [2.24, 2.45) is 0 Å². The predicted octanol–water partition coefficient (Wildman–Crippen LogP) is 2.86. The SMILES string of the molecule is CC(C)(C)OC(=O)N1CCc2c(CBr)noc2C1. The van der Waals surface area contributed by atoms with Crippen molar-refractivity contribution in [3.8, 4) is 0 Å². The Morgan fingerprint density at radius 2 is 2.28 bits per heavy atom. The number of nitrogens with zero attached hydrogens (tertiary/aromatic N) is 2. The molecule has 0 spiro atoms. The van der Waals surface area contributed by atoms with Crippen molar-refractivity contribution >= 4 is 22.0 Å². The van der Waals surface area contributed by atoms with Crippen LogP contribution in [0.3, 0.4) is 0 Å². The summed E-state index contributed by atoms with van der Waals surface area (Å²) in [5.74, 6) is 0.765. The molecular formula is C12H17BrN2O3. The lowest BCUT2D eigenvalue weighted by molar-refractivity contribution is 0.0205. The smallest absolute Gasteiger partial charge is 0.410 e. The van der Waals surface area contributed by atoms with E-state index in [1.165, 1.54) is 0 Å². The van der Waals surface area contributed by atoms with Gasteiger partial charge in [0.2, 0.25) is 0 Å². The van der Waals surface area contributed by atoms with Gasteiger partial charge in [0, 0.05) is 17.4 Å². The molecule has 1 aliphatic rings. The van der Waals surface area contributed by atoms with Crippen LogP contribution in [0, 0.1) is 0 Å². The number of halogens is 1. The molecule has 0 aromatic carbocycles. The van der Waals surface area contributed by atoms with Crippen molar-refractivity contribution in [2.75, 3.05) is 6.54 Å². The predicted molar refractivity (Wildman–Crippen MR) is 69.5 cm³/mol. The Balaban J connectivity index is 2.06. The summed E-state index contributed by atoms with van der Waals surface area (Å²) in [6.45, 7) is 6.65. The minimum atomic E-state index is -0.472. The van der Waals surface area contributed by atoms with Crippen LogP contribution in [-0.4, -0.2) is 28.3 Å². The van der Waals surface area contributed by atoms with E-state index in [0.717, 1.165) is 23.4 Å². The van der Waals surface area contributed by atoms with E-state index in [4.69, 9.17) is 9.26 Å². The van der Waals surface area contributed by atoms with Crippen molar-refractivity contribution in [3.05, 3.63) is 17.0 Å². The number of hydrogen-bond donors (Lipinski definition) is 0. The quantitative estimate of drug-likeness (QED) is 0.747. The number of amides is 1. The molecule has 2 rings (SSSR count). The third-order valence-corrected chi connectivity index (χ3v) is 3.23. The zero-order valence-electron chi connectivity index (χ0n) is 10.8. The molecule has 1 aliphatic heterocycles. The molecule has 2 heterocycles. The highest BCUT2D eigenvalue weighted by atomic mass is 79.9. The maximum atomic E-state index is 11.9. The van der Waals surface area contributed by atoms with Gasteiger partial charge in [-0.2, -0.15) is 0 Å². The molecule has 6 heteroatoms. The number of carbonyl (C=O) groups is 1. The van der Waals surface area contributed by atoms with E-state index >= 15 is 0 Å². The zero-order valence-corrected chi connectivity index (χ0v) is 12.4. The molecule has 100 valence electrons. The van der Waals surface area contributed by atoms with E-state index in [0.29, 0.717) is 18.4 Å². The molecule has 1 aromatic heterocycles. The summed E-state index contributed by atoms with van der Waals surface area (Å²) in [5.41, 5.74) is 1.57. The van der Waals surface area contributed by atoms with E-state index in [9.17, 15) is 4.79 Å². The summed E-state index contributed by atoms with van der Waals surface area (Å²) in [6, 6.07) is 0. The Bertz CT molecular complexity index is 451. The Hall–Kier alpha value is -1.04. The molecule has 0 unspecified atom stereocenters. The Morgan fingerprint density at radius 1 is 1.56 bits per heavy atom. The second-order valence-corrected chi connectivity index (χ2v) is 5.88. The molecule has 5 nitrogen and oxygen atoms in total. The minimum Gasteiger partial charge on any atom is -0.444 e. The van der Waals surface area contributed by atoms with Crippen LogP contribution >= 0.6 is 15.9 Å². The van der Waals surface area contributed by atoms with Gasteiger partial charge in [-0.05, 0) is 27.2 Å². The molecular weight excluding hydrogens is 300 g/mol. The highest BCUT2D eigenvalue weighted by Crippen LogP contribution is 2.24. The molecule has 0 aliphatic carbocycles. The van der Waals surface area contributed by atoms with Gasteiger partial charge in [0.15, 0.2) is 5.76 Å². The fourth-order valence-electron chi connectivity index (χ4n) is 1.88. The van der Waals surface area contributed by atoms with Crippen molar-refractivity contribution in [1.29, 1.82) is 0 Å². The highest BCUT2D eigenvalue weighted by Gasteiger charge is 2.29. The van der Waals surface area contributed by atoms with Crippen molar-refractivity contribution in [2.45, 2.75) is 44.7 Å². The van der Waals surface area contributed by atoms with E-state index in [1.54, 1.807) is 4.90 Å². The van der Waals surface area contributed by atoms with Crippen LogP contribution in [-0.2, 0) is 23.0 Å². The maximum absolute atomic E-state index is 11.9. The van der Waals surface area contributed by atoms with E-state index in [2.05, 4.69) is 21.1 Å². The molecule has 0 radical (unpaired) electrons. The van der Waals surface area contributed by atoms with Crippen molar-refractivity contribution in [3.63, 3.8) is 0 Å². The number of rotatable bonds is 1. The molecule has 1 aromatic rings. The first-order chi connectivity index (χ1) is 8.40. The van der Waals surface area contributed by atoms with Crippen LogP contribution < -0.4 is 0 Å². The summed E-state index contributed by atoms with van der Waals surface area (Å²) in [4.78, 5) is 13.6. The van der Waals surface area contributed by atoms with Crippen molar-refractivity contribution in [1.82, 2.24) is 10.1 Å².